The zero-order chi connectivity index (χ0) is 15.1. The summed E-state index contributed by atoms with van der Waals surface area (Å²) in [5.41, 5.74) is 9.35. The average molecular weight is 307 g/mol. The van der Waals surface area contributed by atoms with E-state index in [0.717, 1.165) is 30.7 Å². The number of halogens is 1. The number of aryl methyl sites for hydroxylation is 1. The van der Waals surface area contributed by atoms with E-state index in [0.29, 0.717) is 6.54 Å². The summed E-state index contributed by atoms with van der Waals surface area (Å²) < 4.78 is 0. The molecule has 3 nitrogen and oxygen atoms in total. The Balaban J connectivity index is 1.94. The number of benzene rings is 1. The highest BCUT2D eigenvalue weighted by atomic mass is 35.5. The van der Waals surface area contributed by atoms with Crippen LogP contribution in [0.4, 0.5) is 0 Å². The molecule has 4 heteroatoms. The Morgan fingerprint density at radius 1 is 1.33 bits per heavy atom. The molecule has 0 heterocycles. The average Bonchev–Trinajstić information content (AvgIpc) is 3.03. The minimum Gasteiger partial charge on any atom is -0.388 e. The van der Waals surface area contributed by atoms with E-state index < -0.39 is 5.60 Å². The maximum atomic E-state index is 6.13. The van der Waals surface area contributed by atoms with Crippen LogP contribution in [0.5, 0.6) is 0 Å². The van der Waals surface area contributed by atoms with E-state index >= 15 is 0 Å². The molecule has 1 aromatic rings. The van der Waals surface area contributed by atoms with Gasteiger partial charge in [0.15, 0.2) is 0 Å². The highest BCUT2D eigenvalue weighted by Gasteiger charge is 2.46. The number of fused-ring (bicyclic) bond motifs is 2. The van der Waals surface area contributed by atoms with Gasteiger partial charge in [0.05, 0.1) is 5.71 Å². The summed E-state index contributed by atoms with van der Waals surface area (Å²) in [4.78, 5) is 5.72. The van der Waals surface area contributed by atoms with Crippen LogP contribution in [-0.2, 0) is 16.7 Å². The number of oxime groups is 1. The second kappa shape index (κ2) is 5.29. The van der Waals surface area contributed by atoms with Gasteiger partial charge in [0, 0.05) is 17.0 Å². The van der Waals surface area contributed by atoms with Crippen molar-refractivity contribution < 1.29 is 4.84 Å². The normalized spacial score (nSPS) is 26.6. The van der Waals surface area contributed by atoms with E-state index in [-0.39, 0.29) is 5.41 Å². The quantitative estimate of drug-likeness (QED) is 0.863. The van der Waals surface area contributed by atoms with Gasteiger partial charge < -0.3 is 10.6 Å². The van der Waals surface area contributed by atoms with E-state index in [1.807, 2.05) is 19.9 Å². The molecule has 21 heavy (non-hydrogen) atoms. The smallest absolute Gasteiger partial charge is 0.144 e. The molecule has 1 fully saturated rings. The van der Waals surface area contributed by atoms with Crippen molar-refractivity contribution in [3.8, 4) is 0 Å². The monoisotopic (exact) mass is 306 g/mol. The van der Waals surface area contributed by atoms with Gasteiger partial charge in [0.25, 0.3) is 0 Å². The summed E-state index contributed by atoms with van der Waals surface area (Å²) in [6.07, 6.45) is 5.55. The molecular weight excluding hydrogens is 284 g/mol. The maximum Gasteiger partial charge on any atom is 0.144 e. The highest BCUT2D eigenvalue weighted by molar-refractivity contribution is 6.30. The Labute approximate surface area is 131 Å². The molecule has 0 bridgehead atoms. The maximum absolute atomic E-state index is 6.13. The van der Waals surface area contributed by atoms with Crippen LogP contribution in [0.2, 0.25) is 5.02 Å². The number of nitrogens with two attached hydrogens (primary N) is 1. The van der Waals surface area contributed by atoms with Crippen LogP contribution < -0.4 is 5.73 Å². The fourth-order valence-electron chi connectivity index (χ4n) is 3.57. The molecule has 1 saturated carbocycles. The highest BCUT2D eigenvalue weighted by Crippen LogP contribution is 2.49. The third-order valence-electron chi connectivity index (χ3n) is 4.87. The summed E-state index contributed by atoms with van der Waals surface area (Å²) in [6, 6.07) is 6.28. The Hall–Kier alpha value is -1.06. The van der Waals surface area contributed by atoms with Crippen LogP contribution in [0.15, 0.2) is 23.4 Å². The fourth-order valence-corrected chi connectivity index (χ4v) is 3.76. The molecule has 114 valence electrons. The molecule has 0 radical (unpaired) electrons. The van der Waals surface area contributed by atoms with Gasteiger partial charge in [0.2, 0.25) is 0 Å². The van der Waals surface area contributed by atoms with E-state index in [4.69, 9.17) is 22.2 Å². The molecule has 1 atom stereocenters. The van der Waals surface area contributed by atoms with Crippen molar-refractivity contribution >= 4 is 17.3 Å². The van der Waals surface area contributed by atoms with Gasteiger partial charge in [0.1, 0.15) is 5.60 Å². The van der Waals surface area contributed by atoms with E-state index in [9.17, 15) is 0 Å². The van der Waals surface area contributed by atoms with Gasteiger partial charge in [-0.3, -0.25) is 0 Å². The second-order valence-electron chi connectivity index (χ2n) is 6.83. The van der Waals surface area contributed by atoms with Crippen molar-refractivity contribution in [2.75, 3.05) is 6.54 Å². The molecule has 1 aromatic carbocycles. The Kier molecular flexibility index (Phi) is 3.74. The van der Waals surface area contributed by atoms with Crippen LogP contribution in [0, 0.1) is 0 Å². The van der Waals surface area contributed by atoms with Gasteiger partial charge in [-0.25, -0.2) is 0 Å². The first-order chi connectivity index (χ1) is 9.97. The van der Waals surface area contributed by atoms with E-state index in [2.05, 4.69) is 17.3 Å². The molecule has 0 amide bonds. The Morgan fingerprint density at radius 2 is 2.14 bits per heavy atom. The fraction of sp³-hybridized carbons (Fsp3) is 0.588. The standard InChI is InChI=1S/C17H23ClN2O/c1-16(2,11-19)21-20-15-4-3-8-17(15)9-7-12-10-13(18)5-6-14(12)17/h5-6,10H,3-4,7-9,11,19H2,1-2H3. The van der Waals surface area contributed by atoms with Crippen molar-refractivity contribution in [2.24, 2.45) is 10.9 Å². The van der Waals surface area contributed by atoms with Crippen molar-refractivity contribution in [3.63, 3.8) is 0 Å². The molecule has 0 aromatic heterocycles. The molecular formula is C17H23ClN2O. The molecule has 0 saturated heterocycles. The number of hydrogen-bond donors (Lipinski definition) is 1. The van der Waals surface area contributed by atoms with Crippen LogP contribution in [0.3, 0.4) is 0 Å². The van der Waals surface area contributed by atoms with Gasteiger partial charge in [-0.05, 0) is 69.2 Å². The molecule has 0 aliphatic heterocycles. The van der Waals surface area contributed by atoms with E-state index in [1.165, 1.54) is 23.3 Å². The van der Waals surface area contributed by atoms with Crippen LogP contribution >= 0.6 is 11.6 Å². The Bertz CT molecular complexity index is 582. The summed E-state index contributed by atoms with van der Waals surface area (Å²) in [5.74, 6) is 0. The van der Waals surface area contributed by atoms with Gasteiger partial charge in [-0.15, -0.1) is 0 Å². The largest absolute Gasteiger partial charge is 0.388 e. The van der Waals surface area contributed by atoms with Crippen LogP contribution in [0.25, 0.3) is 0 Å². The summed E-state index contributed by atoms with van der Waals surface area (Å²) in [7, 11) is 0. The molecule has 2 aliphatic rings. The van der Waals surface area contributed by atoms with Crippen molar-refractivity contribution in [1.82, 2.24) is 0 Å². The number of hydrogen-bond acceptors (Lipinski definition) is 3. The number of rotatable bonds is 3. The zero-order valence-corrected chi connectivity index (χ0v) is 13.5. The topological polar surface area (TPSA) is 47.6 Å². The lowest BCUT2D eigenvalue weighted by Gasteiger charge is -2.27. The lowest BCUT2D eigenvalue weighted by Crippen LogP contribution is -2.34. The van der Waals surface area contributed by atoms with Crippen LogP contribution in [0.1, 0.15) is 50.7 Å². The summed E-state index contributed by atoms with van der Waals surface area (Å²) in [6.45, 7) is 4.41. The van der Waals surface area contributed by atoms with Gasteiger partial charge >= 0.3 is 0 Å². The predicted octanol–water partition coefficient (Wildman–Crippen LogP) is 3.82. The molecule has 3 rings (SSSR count). The first kappa shape index (κ1) is 14.9. The minimum absolute atomic E-state index is 0.0740. The third kappa shape index (κ3) is 2.58. The van der Waals surface area contributed by atoms with Crippen molar-refractivity contribution in [1.29, 1.82) is 0 Å². The molecule has 2 aliphatic carbocycles. The Morgan fingerprint density at radius 3 is 2.90 bits per heavy atom. The number of nitrogens with zero attached hydrogens (tertiary/aromatic N) is 1. The van der Waals surface area contributed by atoms with Crippen molar-refractivity contribution in [2.45, 2.75) is 57.0 Å². The minimum atomic E-state index is -0.405. The van der Waals surface area contributed by atoms with Crippen molar-refractivity contribution in [3.05, 3.63) is 34.3 Å². The van der Waals surface area contributed by atoms with Gasteiger partial charge in [-0.2, -0.15) is 0 Å². The SMILES string of the molecule is CC(C)(CN)ON=C1CCCC12CCc1cc(Cl)ccc12. The first-order valence-electron chi connectivity index (χ1n) is 7.71. The van der Waals surface area contributed by atoms with Gasteiger partial charge in [-0.1, -0.05) is 22.8 Å². The predicted molar refractivity (Wildman–Crippen MR) is 87.0 cm³/mol. The first-order valence-corrected chi connectivity index (χ1v) is 8.09. The van der Waals surface area contributed by atoms with Crippen LogP contribution in [-0.4, -0.2) is 17.9 Å². The summed E-state index contributed by atoms with van der Waals surface area (Å²) in [5, 5.41) is 5.35. The lowest BCUT2D eigenvalue weighted by molar-refractivity contribution is -0.00797. The molecule has 1 spiro atoms. The second-order valence-corrected chi connectivity index (χ2v) is 7.27. The third-order valence-corrected chi connectivity index (χ3v) is 5.10. The van der Waals surface area contributed by atoms with E-state index in [1.54, 1.807) is 0 Å². The zero-order valence-electron chi connectivity index (χ0n) is 12.8. The lowest BCUT2D eigenvalue weighted by atomic mass is 9.79. The molecule has 2 N–H and O–H groups in total. The molecule has 1 unspecified atom stereocenters. The summed E-state index contributed by atoms with van der Waals surface area (Å²) >= 11 is 6.13.